The number of nitrogens with one attached hydrogen (secondary N) is 1. The van der Waals surface area contributed by atoms with E-state index >= 15 is 0 Å². The first-order valence-electron chi connectivity index (χ1n) is 7.47. The molecule has 0 saturated carbocycles. The lowest BCUT2D eigenvalue weighted by Crippen LogP contribution is -2.42. The van der Waals surface area contributed by atoms with Crippen molar-refractivity contribution >= 4 is 15.9 Å². The summed E-state index contributed by atoms with van der Waals surface area (Å²) in [6.07, 6.45) is 1.98. The third kappa shape index (κ3) is 4.28. The number of carbonyl (C=O) groups excluding carboxylic acids is 1. The van der Waals surface area contributed by atoms with Crippen molar-refractivity contribution in [2.75, 3.05) is 26.2 Å². The molecule has 1 atom stereocenters. The molecule has 1 amide bonds. The summed E-state index contributed by atoms with van der Waals surface area (Å²) in [7, 11) is -3.64. The lowest BCUT2D eigenvalue weighted by molar-refractivity contribution is -0.121. The highest BCUT2D eigenvalue weighted by atomic mass is 32.2. The van der Waals surface area contributed by atoms with Crippen LogP contribution in [0.2, 0.25) is 0 Å². The quantitative estimate of drug-likeness (QED) is 0.811. The Balaban J connectivity index is 1.94. The number of hydrogen-bond acceptors (Lipinski definition) is 4. The second kappa shape index (κ2) is 7.71. The molecule has 1 unspecified atom stereocenters. The fourth-order valence-corrected chi connectivity index (χ4v) is 3.78. The number of ether oxygens (including phenoxy) is 1. The molecule has 1 N–H and O–H groups in total. The van der Waals surface area contributed by atoms with Gasteiger partial charge in [0.25, 0.3) is 0 Å². The van der Waals surface area contributed by atoms with Gasteiger partial charge in [0.1, 0.15) is 0 Å². The van der Waals surface area contributed by atoms with Crippen molar-refractivity contribution < 1.29 is 17.9 Å². The summed E-state index contributed by atoms with van der Waals surface area (Å²) in [5.74, 6) is -0.308. The van der Waals surface area contributed by atoms with Crippen LogP contribution in [0.3, 0.4) is 0 Å². The van der Waals surface area contributed by atoms with Crippen LogP contribution in [0.1, 0.15) is 19.8 Å². The zero-order valence-electron chi connectivity index (χ0n) is 12.7. The number of sulfonamides is 1. The third-order valence-electron chi connectivity index (χ3n) is 3.60. The molecule has 6 nitrogen and oxygen atoms in total. The molecule has 0 spiro atoms. The first-order chi connectivity index (χ1) is 10.5. The highest BCUT2D eigenvalue weighted by molar-refractivity contribution is 7.89. The smallest absolute Gasteiger partial charge is 0.243 e. The van der Waals surface area contributed by atoms with Crippen LogP contribution in [-0.2, 0) is 19.6 Å². The van der Waals surface area contributed by atoms with Crippen LogP contribution in [0, 0.1) is 0 Å². The van der Waals surface area contributed by atoms with Crippen LogP contribution in [-0.4, -0.2) is 51.0 Å². The Bertz CT molecular complexity index is 583. The highest BCUT2D eigenvalue weighted by Gasteiger charge is 2.25. The summed E-state index contributed by atoms with van der Waals surface area (Å²) in [4.78, 5) is 12.2. The SMILES string of the molecule is CCN(CC(=O)NCC1CCCO1)S(=O)(=O)c1ccccc1. The Labute approximate surface area is 131 Å². The van der Waals surface area contributed by atoms with Crippen molar-refractivity contribution in [3.05, 3.63) is 30.3 Å². The molecule has 1 aliphatic rings. The van der Waals surface area contributed by atoms with Gasteiger partial charge in [0.2, 0.25) is 15.9 Å². The van der Waals surface area contributed by atoms with E-state index in [-0.39, 0.29) is 30.0 Å². The van der Waals surface area contributed by atoms with Gasteiger partial charge in [-0.05, 0) is 25.0 Å². The Morgan fingerprint density at radius 3 is 2.68 bits per heavy atom. The zero-order chi connectivity index (χ0) is 16.0. The third-order valence-corrected chi connectivity index (χ3v) is 5.54. The van der Waals surface area contributed by atoms with E-state index in [1.807, 2.05) is 0 Å². The van der Waals surface area contributed by atoms with Crippen LogP contribution in [0.5, 0.6) is 0 Å². The van der Waals surface area contributed by atoms with Gasteiger partial charge in [-0.15, -0.1) is 0 Å². The van der Waals surface area contributed by atoms with Crippen molar-refractivity contribution in [1.82, 2.24) is 9.62 Å². The van der Waals surface area contributed by atoms with Gasteiger partial charge in [-0.2, -0.15) is 4.31 Å². The second-order valence-corrected chi connectivity index (χ2v) is 7.12. The first-order valence-corrected chi connectivity index (χ1v) is 8.91. The maximum absolute atomic E-state index is 12.5. The molecule has 1 saturated heterocycles. The van der Waals surface area contributed by atoms with Gasteiger partial charge in [0.15, 0.2) is 0 Å². The summed E-state index contributed by atoms with van der Waals surface area (Å²) in [6.45, 7) is 2.94. The predicted octanol–water partition coefficient (Wildman–Crippen LogP) is 0.992. The van der Waals surface area contributed by atoms with E-state index in [1.165, 1.54) is 16.4 Å². The molecular formula is C15H22N2O4S. The Hall–Kier alpha value is -1.44. The summed E-state index contributed by atoms with van der Waals surface area (Å²) in [5, 5.41) is 2.74. The van der Waals surface area contributed by atoms with E-state index in [9.17, 15) is 13.2 Å². The molecule has 1 aromatic rings. The van der Waals surface area contributed by atoms with Crippen molar-refractivity contribution in [3.63, 3.8) is 0 Å². The minimum absolute atomic E-state index is 0.0461. The van der Waals surface area contributed by atoms with Crippen LogP contribution < -0.4 is 5.32 Å². The molecule has 22 heavy (non-hydrogen) atoms. The Kier molecular flexibility index (Phi) is 5.93. The Morgan fingerprint density at radius 1 is 1.36 bits per heavy atom. The predicted molar refractivity (Wildman–Crippen MR) is 82.9 cm³/mol. The lowest BCUT2D eigenvalue weighted by atomic mass is 10.2. The molecule has 0 aliphatic carbocycles. The molecule has 0 radical (unpaired) electrons. The molecule has 1 heterocycles. The van der Waals surface area contributed by atoms with E-state index in [4.69, 9.17) is 4.74 Å². The van der Waals surface area contributed by atoms with E-state index < -0.39 is 10.0 Å². The van der Waals surface area contributed by atoms with Crippen LogP contribution in [0.4, 0.5) is 0 Å². The molecule has 0 aromatic heterocycles. The lowest BCUT2D eigenvalue weighted by Gasteiger charge is -2.20. The number of rotatable bonds is 7. The van der Waals surface area contributed by atoms with Gasteiger partial charge in [-0.3, -0.25) is 4.79 Å². The number of nitrogens with zero attached hydrogens (tertiary/aromatic N) is 1. The molecule has 1 aromatic carbocycles. The number of benzene rings is 1. The minimum Gasteiger partial charge on any atom is -0.376 e. The fraction of sp³-hybridized carbons (Fsp3) is 0.533. The topological polar surface area (TPSA) is 75.7 Å². The Morgan fingerprint density at radius 2 is 2.09 bits per heavy atom. The molecule has 2 rings (SSSR count). The van der Waals surface area contributed by atoms with Crippen LogP contribution in [0.15, 0.2) is 35.2 Å². The fourth-order valence-electron chi connectivity index (χ4n) is 2.36. The summed E-state index contributed by atoms with van der Waals surface area (Å²) in [5.41, 5.74) is 0. The average Bonchev–Trinajstić information content (AvgIpc) is 3.04. The van der Waals surface area contributed by atoms with E-state index in [1.54, 1.807) is 25.1 Å². The highest BCUT2D eigenvalue weighted by Crippen LogP contribution is 2.14. The van der Waals surface area contributed by atoms with Crippen molar-refractivity contribution in [2.24, 2.45) is 0 Å². The average molecular weight is 326 g/mol. The number of hydrogen-bond donors (Lipinski definition) is 1. The molecule has 1 fully saturated rings. The standard InChI is InChI=1S/C15H22N2O4S/c1-2-17(22(19,20)14-8-4-3-5-9-14)12-15(18)16-11-13-7-6-10-21-13/h3-5,8-9,13H,2,6-7,10-12H2,1H3,(H,16,18). The van der Waals surface area contributed by atoms with Crippen molar-refractivity contribution in [2.45, 2.75) is 30.8 Å². The minimum atomic E-state index is -3.64. The van der Waals surface area contributed by atoms with Gasteiger partial charge in [0.05, 0.1) is 17.5 Å². The van der Waals surface area contributed by atoms with Gasteiger partial charge in [0, 0.05) is 19.7 Å². The molecule has 0 bridgehead atoms. The molecular weight excluding hydrogens is 304 g/mol. The van der Waals surface area contributed by atoms with E-state index in [0.717, 1.165) is 19.4 Å². The number of likely N-dealkylation sites (N-methyl/N-ethyl adjacent to an activating group) is 1. The summed E-state index contributed by atoms with van der Waals surface area (Å²) >= 11 is 0. The zero-order valence-corrected chi connectivity index (χ0v) is 13.5. The van der Waals surface area contributed by atoms with Crippen molar-refractivity contribution in [3.8, 4) is 0 Å². The van der Waals surface area contributed by atoms with Gasteiger partial charge in [-0.25, -0.2) is 8.42 Å². The summed E-state index contributed by atoms with van der Waals surface area (Å²) < 4.78 is 31.6. The largest absolute Gasteiger partial charge is 0.376 e. The number of amides is 1. The normalized spacial score (nSPS) is 18.5. The maximum atomic E-state index is 12.5. The molecule has 1 aliphatic heterocycles. The second-order valence-electron chi connectivity index (χ2n) is 5.18. The summed E-state index contributed by atoms with van der Waals surface area (Å²) in [6, 6.07) is 8.14. The van der Waals surface area contributed by atoms with Crippen LogP contribution >= 0.6 is 0 Å². The van der Waals surface area contributed by atoms with Crippen LogP contribution in [0.25, 0.3) is 0 Å². The maximum Gasteiger partial charge on any atom is 0.243 e. The van der Waals surface area contributed by atoms with E-state index in [2.05, 4.69) is 5.32 Å². The van der Waals surface area contributed by atoms with Gasteiger partial charge in [-0.1, -0.05) is 25.1 Å². The van der Waals surface area contributed by atoms with Gasteiger partial charge >= 0.3 is 0 Å². The van der Waals surface area contributed by atoms with Crippen molar-refractivity contribution in [1.29, 1.82) is 0 Å². The number of carbonyl (C=O) groups is 1. The van der Waals surface area contributed by atoms with Gasteiger partial charge < -0.3 is 10.1 Å². The molecule has 7 heteroatoms. The monoisotopic (exact) mass is 326 g/mol. The molecule has 122 valence electrons. The first kappa shape index (κ1) is 16.9. The van der Waals surface area contributed by atoms with E-state index in [0.29, 0.717) is 6.54 Å².